The first-order valence-electron chi connectivity index (χ1n) is 12.7. The highest BCUT2D eigenvalue weighted by Gasteiger charge is 2.28. The van der Waals surface area contributed by atoms with E-state index in [1.54, 1.807) is 0 Å². The third-order valence-corrected chi connectivity index (χ3v) is 7.39. The summed E-state index contributed by atoms with van der Waals surface area (Å²) in [6, 6.07) is 25.4. The summed E-state index contributed by atoms with van der Waals surface area (Å²) in [5.41, 5.74) is 6.39. The molecule has 0 N–H and O–H groups in total. The van der Waals surface area contributed by atoms with Gasteiger partial charge >= 0.3 is 0 Å². The van der Waals surface area contributed by atoms with E-state index in [1.165, 1.54) is 22.0 Å². The average molecular weight is 491 g/mol. The van der Waals surface area contributed by atoms with E-state index in [2.05, 4.69) is 128 Å². The van der Waals surface area contributed by atoms with Crippen LogP contribution in [-0.4, -0.2) is 5.29 Å². The Kier molecular flexibility index (Phi) is 8.35. The van der Waals surface area contributed by atoms with E-state index < -0.39 is 0 Å². The molecule has 0 heterocycles. The summed E-state index contributed by atoms with van der Waals surface area (Å²) in [5.74, 6) is 12.8. The van der Waals surface area contributed by atoms with Crippen molar-refractivity contribution in [1.82, 2.24) is 0 Å². The van der Waals surface area contributed by atoms with Crippen molar-refractivity contribution in [2.45, 2.75) is 78.6 Å². The highest BCUT2D eigenvalue weighted by atomic mass is 31.1. The lowest BCUT2D eigenvalue weighted by molar-refractivity contribution is 0.554. The maximum Gasteiger partial charge on any atom is 0.0605 e. The molecule has 0 radical (unpaired) electrons. The van der Waals surface area contributed by atoms with Gasteiger partial charge in [-0.1, -0.05) is 129 Å². The van der Waals surface area contributed by atoms with Gasteiger partial charge in [0.15, 0.2) is 0 Å². The van der Waals surface area contributed by atoms with Crippen molar-refractivity contribution in [2.75, 3.05) is 0 Å². The minimum absolute atomic E-state index is 0.00589. The van der Waals surface area contributed by atoms with Crippen LogP contribution in [0.25, 0.3) is 0 Å². The van der Waals surface area contributed by atoms with Crippen LogP contribution in [0.1, 0.15) is 90.1 Å². The molecule has 184 valence electrons. The standard InChI is InChI=1S/C35H39P/c1-33(2,3)28-24-29(34(4,5)6)32(30(25-28)35(7,8)9)36-31(27-21-14-11-15-22-27)23-17-16-20-26-18-12-10-13-19-26/h10-15,18-19,21-22,24-25H,1-9H3. The van der Waals surface area contributed by atoms with Gasteiger partial charge in [-0.2, -0.15) is 0 Å². The van der Waals surface area contributed by atoms with Crippen LogP contribution in [0.15, 0.2) is 72.8 Å². The molecule has 3 aromatic carbocycles. The van der Waals surface area contributed by atoms with Crippen LogP contribution < -0.4 is 5.30 Å². The maximum atomic E-state index is 3.44. The van der Waals surface area contributed by atoms with Crippen LogP contribution in [0.4, 0.5) is 0 Å². The minimum atomic E-state index is 0.00589. The largest absolute Gasteiger partial charge is 0.0622 e. The molecule has 0 atom stereocenters. The third kappa shape index (κ3) is 7.23. The Balaban J connectivity index is 2.30. The molecule has 0 saturated carbocycles. The summed E-state index contributed by atoms with van der Waals surface area (Å²) in [6.45, 7) is 20.8. The van der Waals surface area contributed by atoms with Crippen molar-refractivity contribution >= 4 is 18.8 Å². The number of hydrogen-bond acceptors (Lipinski definition) is 0. The Hall–Kier alpha value is -3.05. The molecule has 3 rings (SSSR count). The molecule has 0 aliphatic carbocycles. The van der Waals surface area contributed by atoms with E-state index in [0.29, 0.717) is 0 Å². The molecule has 0 aliphatic rings. The predicted octanol–water partition coefficient (Wildman–Crippen LogP) is 8.43. The van der Waals surface area contributed by atoms with Gasteiger partial charge in [0.05, 0.1) is 5.29 Å². The van der Waals surface area contributed by atoms with Gasteiger partial charge < -0.3 is 0 Å². The molecular weight excluding hydrogens is 451 g/mol. The molecule has 0 aliphatic heterocycles. The number of hydrogen-bond donors (Lipinski definition) is 0. The van der Waals surface area contributed by atoms with E-state index in [4.69, 9.17) is 0 Å². The Morgan fingerprint density at radius 2 is 1.11 bits per heavy atom. The molecule has 0 bridgehead atoms. The lowest BCUT2D eigenvalue weighted by Gasteiger charge is -2.32. The Morgan fingerprint density at radius 1 is 0.611 bits per heavy atom. The second-order valence-corrected chi connectivity index (χ2v) is 13.5. The van der Waals surface area contributed by atoms with E-state index in [0.717, 1.165) is 24.6 Å². The normalized spacial score (nSPS) is 12.3. The predicted molar refractivity (Wildman–Crippen MR) is 161 cm³/mol. The van der Waals surface area contributed by atoms with Crippen molar-refractivity contribution in [3.63, 3.8) is 0 Å². The van der Waals surface area contributed by atoms with E-state index in [-0.39, 0.29) is 16.2 Å². The zero-order valence-corrected chi connectivity index (χ0v) is 24.3. The second-order valence-electron chi connectivity index (χ2n) is 12.4. The fourth-order valence-electron chi connectivity index (χ4n) is 3.92. The average Bonchev–Trinajstić information content (AvgIpc) is 2.80. The summed E-state index contributed by atoms with van der Waals surface area (Å²) in [5, 5.41) is 2.45. The summed E-state index contributed by atoms with van der Waals surface area (Å²) in [6.07, 6.45) is 0. The topological polar surface area (TPSA) is 0 Å². The van der Waals surface area contributed by atoms with Crippen molar-refractivity contribution < 1.29 is 0 Å². The zero-order chi connectivity index (χ0) is 26.6. The Bertz CT molecular complexity index is 1310. The molecule has 3 aromatic rings. The van der Waals surface area contributed by atoms with Gasteiger partial charge in [0.25, 0.3) is 0 Å². The van der Waals surface area contributed by atoms with Crippen molar-refractivity contribution in [1.29, 1.82) is 0 Å². The third-order valence-electron chi connectivity index (χ3n) is 6.09. The molecule has 0 unspecified atom stereocenters. The van der Waals surface area contributed by atoms with Gasteiger partial charge in [-0.3, -0.25) is 0 Å². The molecule has 0 nitrogen and oxygen atoms in total. The molecule has 0 spiro atoms. The second kappa shape index (κ2) is 10.9. The summed E-state index contributed by atoms with van der Waals surface area (Å²) >= 11 is 0. The van der Waals surface area contributed by atoms with Crippen LogP contribution in [0.2, 0.25) is 0 Å². The van der Waals surface area contributed by atoms with Gasteiger partial charge in [-0.05, 0) is 76.6 Å². The first kappa shape index (κ1) is 27.5. The molecule has 1 heteroatoms. The highest BCUT2D eigenvalue weighted by molar-refractivity contribution is 7.50. The fourth-order valence-corrected chi connectivity index (χ4v) is 5.57. The first-order chi connectivity index (χ1) is 16.8. The molecule has 0 aromatic heterocycles. The van der Waals surface area contributed by atoms with Crippen molar-refractivity contribution in [2.24, 2.45) is 0 Å². The van der Waals surface area contributed by atoms with E-state index >= 15 is 0 Å². The Morgan fingerprint density at radius 3 is 1.58 bits per heavy atom. The lowest BCUT2D eigenvalue weighted by Crippen LogP contribution is -2.30. The highest BCUT2D eigenvalue weighted by Crippen LogP contribution is 2.35. The first-order valence-corrected chi connectivity index (χ1v) is 13.6. The van der Waals surface area contributed by atoms with Gasteiger partial charge in [-0.15, -0.1) is 0 Å². The van der Waals surface area contributed by atoms with Gasteiger partial charge in [-0.25, -0.2) is 0 Å². The molecule has 0 saturated heterocycles. The smallest absolute Gasteiger partial charge is 0.0605 e. The Labute approximate surface area is 221 Å². The van der Waals surface area contributed by atoms with Crippen molar-refractivity contribution in [3.8, 4) is 23.7 Å². The van der Waals surface area contributed by atoms with E-state index in [9.17, 15) is 0 Å². The van der Waals surface area contributed by atoms with Crippen LogP contribution >= 0.6 is 8.20 Å². The van der Waals surface area contributed by atoms with E-state index in [1.807, 2.05) is 30.3 Å². The minimum Gasteiger partial charge on any atom is -0.0622 e. The fraction of sp³-hybridized carbons (Fsp3) is 0.343. The molecule has 0 fully saturated rings. The molecule has 0 amide bonds. The summed E-state index contributed by atoms with van der Waals surface area (Å²) in [4.78, 5) is 0. The number of rotatable bonds is 2. The number of benzene rings is 3. The SMILES string of the molecule is CC(C)(C)c1cc(C(C)(C)C)c(P=C(C#CC#Cc2ccccc2)c2ccccc2)c(C(C)(C)C)c1. The molecular formula is C35H39P. The van der Waals surface area contributed by atoms with Crippen LogP contribution in [-0.2, 0) is 16.2 Å². The zero-order valence-electron chi connectivity index (χ0n) is 23.4. The monoisotopic (exact) mass is 490 g/mol. The van der Waals surface area contributed by atoms with Crippen LogP contribution in [0.3, 0.4) is 0 Å². The van der Waals surface area contributed by atoms with Gasteiger partial charge in [0, 0.05) is 10.9 Å². The maximum absolute atomic E-state index is 3.44. The van der Waals surface area contributed by atoms with Crippen molar-refractivity contribution in [3.05, 3.63) is 101 Å². The van der Waals surface area contributed by atoms with Crippen LogP contribution in [0, 0.1) is 23.7 Å². The summed E-state index contributed by atoms with van der Waals surface area (Å²) in [7, 11) is 1.12. The van der Waals surface area contributed by atoms with Gasteiger partial charge in [0.2, 0.25) is 0 Å². The lowest BCUT2D eigenvalue weighted by atomic mass is 9.75. The molecule has 36 heavy (non-hydrogen) atoms. The van der Waals surface area contributed by atoms with Crippen LogP contribution in [0.5, 0.6) is 0 Å². The van der Waals surface area contributed by atoms with Gasteiger partial charge in [0.1, 0.15) is 0 Å². The summed E-state index contributed by atoms with van der Waals surface area (Å²) < 4.78 is 0. The quantitative estimate of drug-likeness (QED) is 0.250.